The lowest BCUT2D eigenvalue weighted by Crippen LogP contribution is -2.43. The maximum atomic E-state index is 13.1. The van der Waals surface area contributed by atoms with Gasteiger partial charge in [-0.3, -0.25) is 4.79 Å². The maximum absolute atomic E-state index is 13.1. The summed E-state index contributed by atoms with van der Waals surface area (Å²) >= 11 is 0. The summed E-state index contributed by atoms with van der Waals surface area (Å²) in [6.45, 7) is 1.73. The number of piperidine rings is 1. The lowest BCUT2D eigenvalue weighted by Gasteiger charge is -2.32. The van der Waals surface area contributed by atoms with Gasteiger partial charge in [-0.2, -0.15) is 0 Å². The lowest BCUT2D eigenvalue weighted by molar-refractivity contribution is 0.0676. The molecule has 1 fully saturated rings. The van der Waals surface area contributed by atoms with Crippen molar-refractivity contribution in [1.82, 2.24) is 14.6 Å². The van der Waals surface area contributed by atoms with E-state index in [1.807, 2.05) is 17.0 Å². The number of amides is 1. The van der Waals surface area contributed by atoms with Crippen molar-refractivity contribution < 1.29 is 13.2 Å². The molecule has 1 aromatic heterocycles. The van der Waals surface area contributed by atoms with Crippen LogP contribution in [0.2, 0.25) is 0 Å². The number of nitrogens with one attached hydrogen (secondary N) is 2. The first kappa shape index (κ1) is 19.5. The van der Waals surface area contributed by atoms with Crippen LogP contribution in [0.4, 0.5) is 0 Å². The van der Waals surface area contributed by atoms with Crippen molar-refractivity contribution in [2.24, 2.45) is 5.92 Å². The molecule has 2 N–H and O–H groups in total. The third-order valence-electron chi connectivity index (χ3n) is 6.04. The molecule has 1 aliphatic heterocycles. The van der Waals surface area contributed by atoms with Crippen LogP contribution in [0.15, 0.2) is 18.2 Å². The number of carbonyl (C=O) groups excluding carboxylic acids is 1. The molecule has 1 aliphatic carbocycles. The zero-order chi connectivity index (χ0) is 19.7. The summed E-state index contributed by atoms with van der Waals surface area (Å²) in [5.41, 5.74) is 4.57. The normalized spacial score (nSPS) is 20.8. The Morgan fingerprint density at radius 2 is 2.04 bits per heavy atom. The molecule has 0 unspecified atom stereocenters. The van der Waals surface area contributed by atoms with Crippen LogP contribution in [0, 0.1) is 5.92 Å². The molecule has 152 valence electrons. The van der Waals surface area contributed by atoms with E-state index < -0.39 is 10.0 Å². The molecule has 1 saturated heterocycles. The van der Waals surface area contributed by atoms with Crippen LogP contribution in [-0.4, -0.2) is 50.1 Å². The number of benzene rings is 1. The first-order valence-electron chi connectivity index (χ1n) is 10.3. The van der Waals surface area contributed by atoms with Crippen LogP contribution in [0.1, 0.15) is 53.7 Å². The quantitative estimate of drug-likeness (QED) is 0.770. The summed E-state index contributed by atoms with van der Waals surface area (Å²) in [5.74, 6) is 0.217. The Balaban J connectivity index is 1.52. The largest absolute Gasteiger partial charge is 0.358 e. The topological polar surface area (TPSA) is 82.3 Å². The zero-order valence-corrected chi connectivity index (χ0v) is 17.3. The Kier molecular flexibility index (Phi) is 5.47. The molecule has 2 aliphatic rings. The fourth-order valence-corrected chi connectivity index (χ4v) is 5.12. The van der Waals surface area contributed by atoms with Crippen LogP contribution in [-0.2, 0) is 22.9 Å². The summed E-state index contributed by atoms with van der Waals surface area (Å²) < 4.78 is 25.3. The lowest BCUT2D eigenvalue weighted by atomic mass is 9.97. The highest BCUT2D eigenvalue weighted by Crippen LogP contribution is 2.30. The first-order chi connectivity index (χ1) is 13.4. The standard InChI is InChI=1S/C21H29N3O3S/c1-28(26,27)22-13-15-6-5-11-24(14-15)21(25)16-9-10-20-18(12-16)17-7-3-2-4-8-19(17)23-20/h9-10,12,15,22-23H,2-8,11,13-14H2,1H3/t15-/m1/s1. The molecule has 6 nitrogen and oxygen atoms in total. The van der Waals surface area contributed by atoms with Gasteiger partial charge in [0.1, 0.15) is 0 Å². The van der Waals surface area contributed by atoms with Crippen molar-refractivity contribution in [3.8, 4) is 0 Å². The number of hydrogen-bond acceptors (Lipinski definition) is 3. The van der Waals surface area contributed by atoms with E-state index in [1.54, 1.807) is 0 Å². The van der Waals surface area contributed by atoms with Gasteiger partial charge in [-0.1, -0.05) is 6.42 Å². The third-order valence-corrected chi connectivity index (χ3v) is 6.73. The second-order valence-corrected chi connectivity index (χ2v) is 10.1. The molecule has 4 rings (SSSR count). The van der Waals surface area contributed by atoms with Gasteiger partial charge in [0.15, 0.2) is 0 Å². The van der Waals surface area contributed by atoms with Crippen LogP contribution in [0.25, 0.3) is 10.9 Å². The van der Waals surface area contributed by atoms with E-state index in [1.165, 1.54) is 42.2 Å². The van der Waals surface area contributed by atoms with Crippen molar-refractivity contribution in [3.63, 3.8) is 0 Å². The minimum absolute atomic E-state index is 0.0505. The fraction of sp³-hybridized carbons (Fsp3) is 0.571. The van der Waals surface area contributed by atoms with E-state index in [-0.39, 0.29) is 11.8 Å². The zero-order valence-electron chi connectivity index (χ0n) is 16.5. The van der Waals surface area contributed by atoms with E-state index in [2.05, 4.69) is 15.8 Å². The number of aryl methyl sites for hydroxylation is 2. The van der Waals surface area contributed by atoms with Gasteiger partial charge in [0.2, 0.25) is 10.0 Å². The van der Waals surface area contributed by atoms with Crippen LogP contribution in [0.5, 0.6) is 0 Å². The number of nitrogens with zero attached hydrogens (tertiary/aromatic N) is 1. The monoisotopic (exact) mass is 403 g/mol. The van der Waals surface area contributed by atoms with Gasteiger partial charge in [0.25, 0.3) is 5.91 Å². The van der Waals surface area contributed by atoms with Gasteiger partial charge in [0.05, 0.1) is 6.26 Å². The highest BCUT2D eigenvalue weighted by molar-refractivity contribution is 7.88. The van der Waals surface area contributed by atoms with Crippen molar-refractivity contribution in [3.05, 3.63) is 35.0 Å². The summed E-state index contributed by atoms with van der Waals surface area (Å²) in [7, 11) is -3.20. The molecule has 0 bridgehead atoms. The molecule has 2 aromatic rings. The molecule has 28 heavy (non-hydrogen) atoms. The highest BCUT2D eigenvalue weighted by Gasteiger charge is 2.25. The second-order valence-electron chi connectivity index (χ2n) is 8.28. The summed E-state index contributed by atoms with van der Waals surface area (Å²) in [6, 6.07) is 6.00. The molecule has 1 amide bonds. The predicted octanol–water partition coefficient (Wildman–Crippen LogP) is 2.84. The van der Waals surface area contributed by atoms with Gasteiger partial charge >= 0.3 is 0 Å². The van der Waals surface area contributed by atoms with Crippen molar-refractivity contribution in [2.45, 2.75) is 44.9 Å². The molecule has 0 spiro atoms. The molecule has 0 radical (unpaired) electrons. The molecule has 0 saturated carbocycles. The molecule has 7 heteroatoms. The number of hydrogen-bond donors (Lipinski definition) is 2. The molecule has 1 aromatic carbocycles. The summed E-state index contributed by atoms with van der Waals surface area (Å²) in [4.78, 5) is 18.6. The predicted molar refractivity (Wildman–Crippen MR) is 111 cm³/mol. The van der Waals surface area contributed by atoms with Crippen molar-refractivity contribution in [1.29, 1.82) is 0 Å². The van der Waals surface area contributed by atoms with E-state index in [0.29, 0.717) is 13.1 Å². The van der Waals surface area contributed by atoms with Gasteiger partial charge < -0.3 is 9.88 Å². The Bertz CT molecular complexity index is 980. The summed E-state index contributed by atoms with van der Waals surface area (Å²) in [5, 5.41) is 1.19. The average Bonchev–Trinajstić information content (AvgIpc) is 2.85. The Morgan fingerprint density at radius 3 is 2.86 bits per heavy atom. The Labute approximate surface area is 166 Å². The van der Waals surface area contributed by atoms with Crippen molar-refractivity contribution in [2.75, 3.05) is 25.9 Å². The van der Waals surface area contributed by atoms with Crippen molar-refractivity contribution >= 4 is 26.8 Å². The molecule has 2 heterocycles. The number of carbonyl (C=O) groups is 1. The molecular weight excluding hydrogens is 374 g/mol. The number of H-pyrrole nitrogens is 1. The van der Waals surface area contributed by atoms with Crippen LogP contribution >= 0.6 is 0 Å². The van der Waals surface area contributed by atoms with Gasteiger partial charge in [-0.05, 0) is 68.2 Å². The maximum Gasteiger partial charge on any atom is 0.253 e. The minimum Gasteiger partial charge on any atom is -0.358 e. The van der Waals surface area contributed by atoms with E-state index >= 15 is 0 Å². The van der Waals surface area contributed by atoms with Gasteiger partial charge in [0, 0.05) is 41.8 Å². The Morgan fingerprint density at radius 1 is 1.21 bits per heavy atom. The number of sulfonamides is 1. The second kappa shape index (κ2) is 7.87. The average molecular weight is 404 g/mol. The van der Waals surface area contributed by atoms with E-state index in [9.17, 15) is 13.2 Å². The third kappa shape index (κ3) is 4.25. The van der Waals surface area contributed by atoms with E-state index in [4.69, 9.17) is 0 Å². The Hall–Kier alpha value is -1.86. The summed E-state index contributed by atoms with van der Waals surface area (Å²) in [6.07, 6.45) is 8.89. The van der Waals surface area contributed by atoms with E-state index in [0.717, 1.165) is 43.3 Å². The van der Waals surface area contributed by atoms with Gasteiger partial charge in [-0.25, -0.2) is 13.1 Å². The smallest absolute Gasteiger partial charge is 0.253 e. The van der Waals surface area contributed by atoms with Crippen LogP contribution in [0.3, 0.4) is 0 Å². The highest BCUT2D eigenvalue weighted by atomic mass is 32.2. The number of aromatic amines is 1. The number of fused-ring (bicyclic) bond motifs is 3. The number of likely N-dealkylation sites (tertiary alicyclic amines) is 1. The molecule has 1 atom stereocenters. The van der Waals surface area contributed by atoms with Gasteiger partial charge in [-0.15, -0.1) is 0 Å². The SMILES string of the molecule is CS(=O)(=O)NC[C@H]1CCCN(C(=O)c2ccc3[nH]c4c(c3c2)CCCCC4)C1. The number of aromatic nitrogens is 1. The molecular formula is C21H29N3O3S. The minimum atomic E-state index is -3.20. The number of rotatable bonds is 4. The van der Waals surface area contributed by atoms with Crippen LogP contribution < -0.4 is 4.72 Å². The fourth-order valence-electron chi connectivity index (χ4n) is 4.58. The first-order valence-corrected chi connectivity index (χ1v) is 12.2.